The van der Waals surface area contributed by atoms with E-state index >= 15 is 0 Å². The Morgan fingerprint density at radius 3 is 2.71 bits per heavy atom. The first-order valence-electron chi connectivity index (χ1n) is 8.27. The lowest BCUT2D eigenvalue weighted by atomic mass is 10.1. The van der Waals surface area contributed by atoms with Crippen LogP contribution in [0.1, 0.15) is 39.2 Å². The summed E-state index contributed by atoms with van der Waals surface area (Å²) >= 11 is 0. The second kappa shape index (κ2) is 7.02. The maximum absolute atomic E-state index is 11.8. The highest BCUT2D eigenvalue weighted by Crippen LogP contribution is 2.37. The molecule has 1 aromatic heterocycles. The number of rotatable bonds is 5. The molecule has 1 unspecified atom stereocenters. The molecule has 0 spiro atoms. The summed E-state index contributed by atoms with van der Waals surface area (Å²) < 4.78 is 6.22. The van der Waals surface area contributed by atoms with Gasteiger partial charge in [0.2, 0.25) is 11.8 Å². The van der Waals surface area contributed by atoms with Gasteiger partial charge in [-0.05, 0) is 42.2 Å². The van der Waals surface area contributed by atoms with E-state index < -0.39 is 14.4 Å². The van der Waals surface area contributed by atoms with Gasteiger partial charge in [0.05, 0.1) is 6.61 Å². The molecular formula is C17H27N3O3Si. The van der Waals surface area contributed by atoms with Crippen molar-refractivity contribution in [3.05, 3.63) is 23.9 Å². The Hall–Kier alpha value is -1.73. The van der Waals surface area contributed by atoms with Crippen LogP contribution in [0.5, 0.6) is 0 Å². The molecule has 2 heterocycles. The second-order valence-corrected chi connectivity index (χ2v) is 12.6. The molecule has 2 rings (SSSR count). The summed E-state index contributed by atoms with van der Waals surface area (Å²) in [7, 11) is -1.81. The summed E-state index contributed by atoms with van der Waals surface area (Å²) in [6.07, 6.45) is 2.53. The zero-order chi connectivity index (χ0) is 18.0. The number of pyridine rings is 1. The number of carbonyl (C=O) groups excluding carboxylic acids is 2. The van der Waals surface area contributed by atoms with E-state index in [0.717, 1.165) is 5.56 Å². The van der Waals surface area contributed by atoms with E-state index in [1.807, 2.05) is 12.1 Å². The van der Waals surface area contributed by atoms with Gasteiger partial charge in [-0.2, -0.15) is 0 Å². The third-order valence-corrected chi connectivity index (χ3v) is 9.27. The lowest BCUT2D eigenvalue weighted by molar-refractivity contribution is -0.133. The van der Waals surface area contributed by atoms with Gasteiger partial charge in [-0.3, -0.25) is 14.9 Å². The van der Waals surface area contributed by atoms with Gasteiger partial charge in [-0.15, -0.1) is 0 Å². The van der Waals surface area contributed by atoms with Crippen molar-refractivity contribution in [1.29, 1.82) is 0 Å². The first-order valence-corrected chi connectivity index (χ1v) is 11.2. The fourth-order valence-electron chi connectivity index (χ4n) is 2.13. The largest absolute Gasteiger partial charge is 0.413 e. The minimum absolute atomic E-state index is 0.161. The van der Waals surface area contributed by atoms with Gasteiger partial charge in [0.25, 0.3) is 0 Å². The van der Waals surface area contributed by atoms with E-state index in [-0.39, 0.29) is 16.9 Å². The Bertz CT molecular complexity index is 626. The summed E-state index contributed by atoms with van der Waals surface area (Å²) in [5, 5.41) is 5.60. The molecule has 0 bridgehead atoms. The van der Waals surface area contributed by atoms with Crippen molar-refractivity contribution in [2.75, 3.05) is 5.32 Å². The molecule has 132 valence electrons. The quantitative estimate of drug-likeness (QED) is 0.631. The third kappa shape index (κ3) is 4.64. The van der Waals surface area contributed by atoms with Gasteiger partial charge >= 0.3 is 0 Å². The molecule has 1 atom stereocenters. The molecule has 7 heteroatoms. The number of carbonyl (C=O) groups is 2. The zero-order valence-electron chi connectivity index (χ0n) is 15.1. The number of hydrogen-bond acceptors (Lipinski definition) is 5. The van der Waals surface area contributed by atoms with Crippen molar-refractivity contribution in [1.82, 2.24) is 10.3 Å². The summed E-state index contributed by atoms with van der Waals surface area (Å²) in [6, 6.07) is 3.39. The molecule has 1 aliphatic heterocycles. The van der Waals surface area contributed by atoms with Gasteiger partial charge < -0.3 is 9.74 Å². The predicted octanol–water partition coefficient (Wildman–Crippen LogP) is 2.82. The molecule has 0 aromatic carbocycles. The highest BCUT2D eigenvalue weighted by Gasteiger charge is 2.37. The lowest BCUT2D eigenvalue weighted by Crippen LogP contribution is -2.47. The topological polar surface area (TPSA) is 80.3 Å². The van der Waals surface area contributed by atoms with Gasteiger partial charge in [0, 0.05) is 12.6 Å². The van der Waals surface area contributed by atoms with Gasteiger partial charge in [0.1, 0.15) is 11.9 Å². The SMILES string of the molecule is CC(C)(C)[Si](C)(C)OCc1ccnc(NC2CCC(=O)NC2=O)c1. The van der Waals surface area contributed by atoms with Crippen molar-refractivity contribution >= 4 is 25.9 Å². The van der Waals surface area contributed by atoms with Crippen molar-refractivity contribution in [3.8, 4) is 0 Å². The summed E-state index contributed by atoms with van der Waals surface area (Å²) in [5.74, 6) is 0.110. The van der Waals surface area contributed by atoms with E-state index in [0.29, 0.717) is 25.3 Å². The van der Waals surface area contributed by atoms with Crippen LogP contribution in [-0.4, -0.2) is 31.2 Å². The maximum Gasteiger partial charge on any atom is 0.249 e. The van der Waals surface area contributed by atoms with Crippen LogP contribution >= 0.6 is 0 Å². The number of nitrogens with one attached hydrogen (secondary N) is 2. The van der Waals surface area contributed by atoms with E-state index in [4.69, 9.17) is 4.43 Å². The summed E-state index contributed by atoms with van der Waals surface area (Å²) in [4.78, 5) is 27.3. The Morgan fingerprint density at radius 2 is 2.08 bits per heavy atom. The lowest BCUT2D eigenvalue weighted by Gasteiger charge is -2.36. The molecular weight excluding hydrogens is 322 g/mol. The molecule has 6 nitrogen and oxygen atoms in total. The number of anilines is 1. The van der Waals surface area contributed by atoms with Crippen molar-refractivity contribution in [2.24, 2.45) is 0 Å². The first-order chi connectivity index (χ1) is 11.1. The number of amides is 2. The van der Waals surface area contributed by atoms with Crippen LogP contribution in [0.25, 0.3) is 0 Å². The zero-order valence-corrected chi connectivity index (χ0v) is 16.1. The van der Waals surface area contributed by atoms with Crippen LogP contribution in [0.2, 0.25) is 18.1 Å². The fourth-order valence-corrected chi connectivity index (χ4v) is 3.09. The molecule has 1 aliphatic rings. The Labute approximate surface area is 144 Å². The second-order valence-electron chi connectivity index (χ2n) is 7.75. The normalized spacial score (nSPS) is 19.1. The van der Waals surface area contributed by atoms with E-state index in [1.54, 1.807) is 6.20 Å². The average Bonchev–Trinajstić information content (AvgIpc) is 2.47. The molecule has 0 saturated carbocycles. The first kappa shape index (κ1) is 18.6. The molecule has 1 fully saturated rings. The molecule has 2 amide bonds. The Kier molecular flexibility index (Phi) is 5.44. The van der Waals surface area contributed by atoms with Crippen molar-refractivity contribution in [3.63, 3.8) is 0 Å². The van der Waals surface area contributed by atoms with E-state index in [9.17, 15) is 9.59 Å². The molecule has 24 heavy (non-hydrogen) atoms. The van der Waals surface area contributed by atoms with Crippen LogP contribution in [0, 0.1) is 0 Å². The minimum atomic E-state index is -1.81. The van der Waals surface area contributed by atoms with Crippen molar-refractivity contribution < 1.29 is 14.0 Å². The maximum atomic E-state index is 11.8. The summed E-state index contributed by atoms with van der Waals surface area (Å²) in [5.41, 5.74) is 1.02. The number of aromatic nitrogens is 1. The molecule has 1 aromatic rings. The fraction of sp³-hybridized carbons (Fsp3) is 0.588. The smallest absolute Gasteiger partial charge is 0.249 e. The van der Waals surface area contributed by atoms with Crippen LogP contribution < -0.4 is 10.6 Å². The predicted molar refractivity (Wildman–Crippen MR) is 96.0 cm³/mol. The van der Waals surface area contributed by atoms with E-state index in [2.05, 4.69) is 49.5 Å². The average molecular weight is 350 g/mol. The van der Waals surface area contributed by atoms with Crippen molar-refractivity contribution in [2.45, 2.75) is 64.4 Å². The monoisotopic (exact) mass is 349 g/mol. The number of hydrogen-bond donors (Lipinski definition) is 2. The third-order valence-electron chi connectivity index (χ3n) is 4.79. The Morgan fingerprint density at radius 1 is 1.38 bits per heavy atom. The number of piperidine rings is 1. The summed E-state index contributed by atoms with van der Waals surface area (Å²) in [6.45, 7) is 11.6. The van der Waals surface area contributed by atoms with Crippen LogP contribution in [0.15, 0.2) is 18.3 Å². The molecule has 0 aliphatic carbocycles. The highest BCUT2D eigenvalue weighted by molar-refractivity contribution is 6.74. The minimum Gasteiger partial charge on any atom is -0.413 e. The highest BCUT2D eigenvalue weighted by atomic mass is 28.4. The van der Waals surface area contributed by atoms with Crippen LogP contribution in [0.4, 0.5) is 5.82 Å². The van der Waals surface area contributed by atoms with Gasteiger partial charge in [0.15, 0.2) is 8.32 Å². The molecule has 0 radical (unpaired) electrons. The number of nitrogens with zero attached hydrogens (tertiary/aromatic N) is 1. The van der Waals surface area contributed by atoms with Crippen LogP contribution in [0.3, 0.4) is 0 Å². The number of imide groups is 1. The standard InChI is InChI=1S/C17H27N3O3Si/c1-17(2,3)24(4,5)23-11-12-8-9-18-14(10-12)19-13-6-7-15(21)20-16(13)22/h8-10,13H,6-7,11H2,1-5H3,(H,18,19)(H,20,21,22). The Balaban J connectivity index is 1.99. The van der Waals surface area contributed by atoms with Gasteiger partial charge in [-0.1, -0.05) is 20.8 Å². The van der Waals surface area contributed by atoms with Gasteiger partial charge in [-0.25, -0.2) is 4.98 Å². The van der Waals surface area contributed by atoms with Crippen LogP contribution in [-0.2, 0) is 20.6 Å². The van der Waals surface area contributed by atoms with E-state index in [1.165, 1.54) is 0 Å². The molecule has 1 saturated heterocycles. The molecule has 2 N–H and O–H groups in total.